The first-order valence-electron chi connectivity index (χ1n) is 7.13. The highest BCUT2D eigenvalue weighted by atomic mass is 32.1. The van der Waals surface area contributed by atoms with Gasteiger partial charge in [0.15, 0.2) is 5.11 Å². The maximum atomic E-state index is 11.9. The summed E-state index contributed by atoms with van der Waals surface area (Å²) in [6, 6.07) is 7.16. The molecule has 0 bridgehead atoms. The van der Waals surface area contributed by atoms with E-state index in [-0.39, 0.29) is 22.8 Å². The summed E-state index contributed by atoms with van der Waals surface area (Å²) in [5.74, 6) is -0.307. The summed E-state index contributed by atoms with van der Waals surface area (Å²) in [5.41, 5.74) is 0.855. The van der Waals surface area contributed by atoms with Gasteiger partial charge in [0.1, 0.15) is 0 Å². The molecule has 0 aliphatic heterocycles. The van der Waals surface area contributed by atoms with Crippen molar-refractivity contribution in [1.82, 2.24) is 5.32 Å². The third-order valence-corrected chi connectivity index (χ3v) is 3.02. The van der Waals surface area contributed by atoms with E-state index >= 15 is 0 Å². The molecule has 0 atom stereocenters. The molecule has 1 aromatic rings. The van der Waals surface area contributed by atoms with Crippen molar-refractivity contribution in [2.45, 2.75) is 34.6 Å². The van der Waals surface area contributed by atoms with Crippen LogP contribution in [-0.4, -0.2) is 16.9 Å². The average molecular weight is 321 g/mol. The Morgan fingerprint density at radius 2 is 1.64 bits per heavy atom. The number of carbonyl (C=O) groups excluding carboxylic acids is 2. The first-order valence-corrected chi connectivity index (χ1v) is 7.54. The molecule has 3 N–H and O–H groups in total. The zero-order valence-electron chi connectivity index (χ0n) is 13.6. The maximum Gasteiger partial charge on any atom is 0.231 e. The Balaban J connectivity index is 2.69. The summed E-state index contributed by atoms with van der Waals surface area (Å²) >= 11 is 5.12. The maximum absolute atomic E-state index is 11.9. The van der Waals surface area contributed by atoms with E-state index in [1.807, 2.05) is 34.6 Å². The molecule has 1 rings (SSSR count). The number of hydrogen-bond donors (Lipinski definition) is 3. The lowest BCUT2D eigenvalue weighted by molar-refractivity contribution is -0.126. The van der Waals surface area contributed by atoms with E-state index in [1.165, 1.54) is 0 Å². The number of carbonyl (C=O) groups is 2. The SMILES string of the molecule is CC(C)C(=O)Nc1cccc(NC(=S)NC(=O)C(C)(C)C)c1. The molecule has 0 spiro atoms. The minimum atomic E-state index is -0.515. The molecule has 120 valence electrons. The van der Waals surface area contributed by atoms with Crippen molar-refractivity contribution in [3.05, 3.63) is 24.3 Å². The molecular formula is C16H23N3O2S. The van der Waals surface area contributed by atoms with Gasteiger partial charge >= 0.3 is 0 Å². The van der Waals surface area contributed by atoms with Gasteiger partial charge in [-0.1, -0.05) is 40.7 Å². The Kier molecular flexibility index (Phi) is 6.05. The number of hydrogen-bond acceptors (Lipinski definition) is 3. The van der Waals surface area contributed by atoms with Crippen molar-refractivity contribution in [3.63, 3.8) is 0 Å². The monoisotopic (exact) mass is 321 g/mol. The fourth-order valence-electron chi connectivity index (χ4n) is 1.41. The molecule has 0 unspecified atom stereocenters. The number of rotatable bonds is 3. The summed E-state index contributed by atoms with van der Waals surface area (Å²) in [6.45, 7) is 9.09. The van der Waals surface area contributed by atoms with Crippen LogP contribution in [0, 0.1) is 11.3 Å². The highest BCUT2D eigenvalue weighted by Gasteiger charge is 2.21. The summed E-state index contributed by atoms with van der Waals surface area (Å²) in [7, 11) is 0. The van der Waals surface area contributed by atoms with E-state index in [0.717, 1.165) is 0 Å². The number of amides is 2. The second-order valence-corrected chi connectivity index (χ2v) is 6.79. The lowest BCUT2D eigenvalue weighted by atomic mass is 9.96. The van der Waals surface area contributed by atoms with Crippen LogP contribution >= 0.6 is 12.2 Å². The van der Waals surface area contributed by atoms with Crippen LogP contribution in [0.4, 0.5) is 11.4 Å². The van der Waals surface area contributed by atoms with Crippen LogP contribution in [0.25, 0.3) is 0 Å². The highest BCUT2D eigenvalue weighted by molar-refractivity contribution is 7.80. The minimum Gasteiger partial charge on any atom is -0.332 e. The van der Waals surface area contributed by atoms with Crippen LogP contribution in [0.2, 0.25) is 0 Å². The van der Waals surface area contributed by atoms with E-state index in [2.05, 4.69) is 16.0 Å². The van der Waals surface area contributed by atoms with Gasteiger partial charge in [-0.2, -0.15) is 0 Å². The summed E-state index contributed by atoms with van der Waals surface area (Å²) in [6.07, 6.45) is 0. The number of anilines is 2. The van der Waals surface area contributed by atoms with Gasteiger partial charge in [-0.25, -0.2) is 0 Å². The van der Waals surface area contributed by atoms with Gasteiger partial charge in [0, 0.05) is 22.7 Å². The molecule has 0 aliphatic rings. The van der Waals surface area contributed by atoms with Crippen molar-refractivity contribution in [3.8, 4) is 0 Å². The fourth-order valence-corrected chi connectivity index (χ4v) is 1.62. The largest absolute Gasteiger partial charge is 0.332 e. The molecule has 1 aromatic carbocycles. The van der Waals surface area contributed by atoms with Crippen molar-refractivity contribution in [2.24, 2.45) is 11.3 Å². The molecule has 5 nitrogen and oxygen atoms in total. The molecule has 0 saturated carbocycles. The predicted octanol–water partition coefficient (Wildman–Crippen LogP) is 3.14. The van der Waals surface area contributed by atoms with Crippen molar-refractivity contribution >= 4 is 40.5 Å². The van der Waals surface area contributed by atoms with E-state index < -0.39 is 5.41 Å². The Bertz CT molecular complexity index is 577. The van der Waals surface area contributed by atoms with Gasteiger partial charge in [-0.3, -0.25) is 9.59 Å². The van der Waals surface area contributed by atoms with E-state index in [0.29, 0.717) is 11.4 Å². The second-order valence-electron chi connectivity index (χ2n) is 6.38. The average Bonchev–Trinajstić information content (AvgIpc) is 2.37. The lowest BCUT2D eigenvalue weighted by Crippen LogP contribution is -2.41. The fraction of sp³-hybridized carbons (Fsp3) is 0.438. The summed E-state index contributed by atoms with van der Waals surface area (Å²) in [5, 5.41) is 8.62. The molecule has 0 heterocycles. The number of thiocarbonyl (C=S) groups is 1. The quantitative estimate of drug-likeness (QED) is 0.748. The Morgan fingerprint density at radius 3 is 2.14 bits per heavy atom. The first-order chi connectivity index (χ1) is 10.1. The third-order valence-electron chi connectivity index (χ3n) is 2.82. The van der Waals surface area contributed by atoms with Crippen LogP contribution in [0.3, 0.4) is 0 Å². The van der Waals surface area contributed by atoms with Gasteiger partial charge in [-0.05, 0) is 30.4 Å². The second kappa shape index (κ2) is 7.35. The van der Waals surface area contributed by atoms with Gasteiger partial charge in [0.25, 0.3) is 0 Å². The summed E-state index contributed by atoms with van der Waals surface area (Å²) < 4.78 is 0. The molecule has 0 aromatic heterocycles. The topological polar surface area (TPSA) is 70.2 Å². The number of nitrogens with one attached hydrogen (secondary N) is 3. The van der Waals surface area contributed by atoms with E-state index in [1.54, 1.807) is 24.3 Å². The van der Waals surface area contributed by atoms with Crippen LogP contribution in [-0.2, 0) is 9.59 Å². The highest BCUT2D eigenvalue weighted by Crippen LogP contribution is 2.16. The van der Waals surface area contributed by atoms with Crippen molar-refractivity contribution in [2.75, 3.05) is 10.6 Å². The van der Waals surface area contributed by atoms with Crippen LogP contribution in [0.5, 0.6) is 0 Å². The van der Waals surface area contributed by atoms with Gasteiger partial charge in [0.05, 0.1) is 0 Å². The van der Waals surface area contributed by atoms with Crippen molar-refractivity contribution < 1.29 is 9.59 Å². The molecule has 6 heteroatoms. The first kappa shape index (κ1) is 18.1. The molecule has 0 saturated heterocycles. The van der Waals surface area contributed by atoms with E-state index in [4.69, 9.17) is 12.2 Å². The van der Waals surface area contributed by atoms with Crippen molar-refractivity contribution in [1.29, 1.82) is 0 Å². The Hall–Kier alpha value is -1.95. The standard InChI is InChI=1S/C16H23N3O2S/c1-10(2)13(20)17-11-7-6-8-12(9-11)18-15(22)19-14(21)16(3,4)5/h6-10H,1-5H3,(H,17,20)(H2,18,19,21,22). The molecule has 0 fully saturated rings. The zero-order chi connectivity index (χ0) is 16.9. The smallest absolute Gasteiger partial charge is 0.231 e. The molecule has 0 aliphatic carbocycles. The molecule has 22 heavy (non-hydrogen) atoms. The normalized spacial score (nSPS) is 11.0. The van der Waals surface area contributed by atoms with Gasteiger partial charge < -0.3 is 16.0 Å². The van der Waals surface area contributed by atoms with Gasteiger partial charge in [0.2, 0.25) is 11.8 Å². The third kappa shape index (κ3) is 5.81. The van der Waals surface area contributed by atoms with Gasteiger partial charge in [-0.15, -0.1) is 0 Å². The summed E-state index contributed by atoms with van der Waals surface area (Å²) in [4.78, 5) is 23.5. The Labute approximate surface area is 136 Å². The number of benzene rings is 1. The molecule has 2 amide bonds. The van der Waals surface area contributed by atoms with Crippen LogP contribution in [0.1, 0.15) is 34.6 Å². The van der Waals surface area contributed by atoms with Crippen LogP contribution in [0.15, 0.2) is 24.3 Å². The minimum absolute atomic E-state index is 0.0549. The molecular weight excluding hydrogens is 298 g/mol. The lowest BCUT2D eigenvalue weighted by Gasteiger charge is -2.18. The zero-order valence-corrected chi connectivity index (χ0v) is 14.4. The van der Waals surface area contributed by atoms with Crippen LogP contribution < -0.4 is 16.0 Å². The van der Waals surface area contributed by atoms with E-state index in [9.17, 15) is 9.59 Å². The molecule has 0 radical (unpaired) electrons. The Morgan fingerprint density at radius 1 is 1.09 bits per heavy atom. The predicted molar refractivity (Wildman–Crippen MR) is 93.7 cm³/mol.